The topological polar surface area (TPSA) is 46.6 Å². The lowest BCUT2D eigenvalue weighted by atomic mass is 10.2. The van der Waals surface area contributed by atoms with Gasteiger partial charge in [0.05, 0.1) is 19.8 Å². The maximum Gasteiger partial charge on any atom is 0.217 e. The molecule has 1 N–H and O–H groups in total. The van der Waals surface area contributed by atoms with Crippen molar-refractivity contribution in [3.05, 3.63) is 23.9 Å². The minimum atomic E-state index is 0.258. The standard InChI is InChI=1S/C15H25N3O2/c1-12(2)18-7-8-20-14(11-18)10-16-9-13-5-4-6-17-15(13)19-3/h4-6,12,14,16H,7-11H2,1-3H3. The van der Waals surface area contributed by atoms with Crippen LogP contribution in [0.3, 0.4) is 0 Å². The Kier molecular flexibility index (Phi) is 5.76. The zero-order valence-electron chi connectivity index (χ0n) is 12.6. The minimum absolute atomic E-state index is 0.258. The summed E-state index contributed by atoms with van der Waals surface area (Å²) in [7, 11) is 1.65. The first-order valence-corrected chi connectivity index (χ1v) is 7.25. The average molecular weight is 279 g/mol. The zero-order valence-corrected chi connectivity index (χ0v) is 12.6. The fourth-order valence-electron chi connectivity index (χ4n) is 2.44. The van der Waals surface area contributed by atoms with E-state index in [1.807, 2.05) is 12.1 Å². The molecular weight excluding hydrogens is 254 g/mol. The Bertz CT molecular complexity index is 412. The van der Waals surface area contributed by atoms with Gasteiger partial charge in [0.25, 0.3) is 0 Å². The lowest BCUT2D eigenvalue weighted by Gasteiger charge is -2.35. The highest BCUT2D eigenvalue weighted by atomic mass is 16.5. The number of ether oxygens (including phenoxy) is 2. The van der Waals surface area contributed by atoms with Crippen molar-refractivity contribution in [2.45, 2.75) is 32.5 Å². The molecule has 5 nitrogen and oxygen atoms in total. The minimum Gasteiger partial charge on any atom is -0.481 e. The molecule has 0 radical (unpaired) electrons. The van der Waals surface area contributed by atoms with Crippen LogP contribution >= 0.6 is 0 Å². The quantitative estimate of drug-likeness (QED) is 0.850. The molecule has 1 fully saturated rings. The molecule has 1 unspecified atom stereocenters. The Balaban J connectivity index is 1.78. The van der Waals surface area contributed by atoms with Gasteiger partial charge in [-0.25, -0.2) is 4.98 Å². The molecule has 20 heavy (non-hydrogen) atoms. The third-order valence-corrected chi connectivity index (χ3v) is 3.63. The highest BCUT2D eigenvalue weighted by Gasteiger charge is 2.21. The smallest absolute Gasteiger partial charge is 0.217 e. The second kappa shape index (κ2) is 7.57. The van der Waals surface area contributed by atoms with E-state index < -0.39 is 0 Å². The predicted molar refractivity (Wildman–Crippen MR) is 78.9 cm³/mol. The Morgan fingerprint density at radius 3 is 3.15 bits per heavy atom. The van der Waals surface area contributed by atoms with Crippen molar-refractivity contribution in [2.75, 3.05) is 33.4 Å². The summed E-state index contributed by atoms with van der Waals surface area (Å²) in [6.07, 6.45) is 2.00. The molecule has 112 valence electrons. The zero-order chi connectivity index (χ0) is 14.4. The number of rotatable bonds is 6. The lowest BCUT2D eigenvalue weighted by Crippen LogP contribution is -2.48. The van der Waals surface area contributed by atoms with Crippen molar-refractivity contribution in [3.63, 3.8) is 0 Å². The van der Waals surface area contributed by atoms with Gasteiger partial charge in [0.1, 0.15) is 0 Å². The SMILES string of the molecule is COc1ncccc1CNCC1CN(C(C)C)CCO1. The summed E-state index contributed by atoms with van der Waals surface area (Å²) in [6, 6.07) is 4.54. The van der Waals surface area contributed by atoms with E-state index >= 15 is 0 Å². The molecule has 2 rings (SSSR count). The van der Waals surface area contributed by atoms with Crippen molar-refractivity contribution < 1.29 is 9.47 Å². The van der Waals surface area contributed by atoms with Gasteiger partial charge in [0.2, 0.25) is 5.88 Å². The molecular formula is C15H25N3O2. The molecule has 1 aromatic rings. The van der Waals surface area contributed by atoms with Crippen LogP contribution in [0.1, 0.15) is 19.4 Å². The molecule has 0 spiro atoms. The first-order valence-electron chi connectivity index (χ1n) is 7.25. The molecule has 2 heterocycles. The molecule has 1 aliphatic rings. The second-order valence-corrected chi connectivity index (χ2v) is 5.38. The van der Waals surface area contributed by atoms with E-state index in [0.29, 0.717) is 11.9 Å². The predicted octanol–water partition coefficient (Wildman–Crippen LogP) is 1.29. The first-order chi connectivity index (χ1) is 9.70. The Morgan fingerprint density at radius 2 is 2.40 bits per heavy atom. The Morgan fingerprint density at radius 1 is 1.55 bits per heavy atom. The summed E-state index contributed by atoms with van der Waals surface area (Å²) in [4.78, 5) is 6.65. The van der Waals surface area contributed by atoms with E-state index in [9.17, 15) is 0 Å². The molecule has 0 aliphatic carbocycles. The first kappa shape index (κ1) is 15.2. The van der Waals surface area contributed by atoms with Crippen LogP contribution in [0.25, 0.3) is 0 Å². The van der Waals surface area contributed by atoms with Crippen molar-refractivity contribution >= 4 is 0 Å². The van der Waals surface area contributed by atoms with Crippen LogP contribution in [0, 0.1) is 0 Å². The van der Waals surface area contributed by atoms with Crippen LogP contribution in [0.15, 0.2) is 18.3 Å². The van der Waals surface area contributed by atoms with E-state index in [1.54, 1.807) is 13.3 Å². The molecule has 5 heteroatoms. The summed E-state index contributed by atoms with van der Waals surface area (Å²) in [5, 5.41) is 3.43. The van der Waals surface area contributed by atoms with Gasteiger partial charge >= 0.3 is 0 Å². The van der Waals surface area contributed by atoms with E-state index in [2.05, 4.69) is 29.0 Å². The van der Waals surface area contributed by atoms with Gasteiger partial charge in [-0.2, -0.15) is 0 Å². The van der Waals surface area contributed by atoms with E-state index in [1.165, 1.54) is 0 Å². The number of hydrogen-bond acceptors (Lipinski definition) is 5. The maximum absolute atomic E-state index is 5.80. The fraction of sp³-hybridized carbons (Fsp3) is 0.667. The summed E-state index contributed by atoms with van der Waals surface area (Å²) in [5.74, 6) is 0.688. The third-order valence-electron chi connectivity index (χ3n) is 3.63. The van der Waals surface area contributed by atoms with Gasteiger partial charge in [0, 0.05) is 44.0 Å². The van der Waals surface area contributed by atoms with Gasteiger partial charge < -0.3 is 14.8 Å². The number of aromatic nitrogens is 1. The van der Waals surface area contributed by atoms with Crippen LogP contribution < -0.4 is 10.1 Å². The highest BCUT2D eigenvalue weighted by molar-refractivity contribution is 5.24. The van der Waals surface area contributed by atoms with Gasteiger partial charge in [0.15, 0.2) is 0 Å². The number of hydrogen-bond donors (Lipinski definition) is 1. The number of methoxy groups -OCH3 is 1. The third kappa shape index (κ3) is 4.16. The molecule has 1 aliphatic heterocycles. The molecule has 1 aromatic heterocycles. The summed E-state index contributed by atoms with van der Waals surface area (Å²) in [5.41, 5.74) is 1.08. The van der Waals surface area contributed by atoms with E-state index in [-0.39, 0.29) is 6.10 Å². The molecule has 0 bridgehead atoms. The Labute approximate surface area is 121 Å². The van der Waals surface area contributed by atoms with Crippen LogP contribution in [0.5, 0.6) is 5.88 Å². The van der Waals surface area contributed by atoms with Gasteiger partial charge in [-0.1, -0.05) is 6.07 Å². The van der Waals surface area contributed by atoms with Crippen LogP contribution in [-0.4, -0.2) is 55.4 Å². The monoisotopic (exact) mass is 279 g/mol. The normalized spacial score (nSPS) is 20.3. The molecule has 0 aromatic carbocycles. The van der Waals surface area contributed by atoms with Crippen molar-refractivity contribution in [3.8, 4) is 5.88 Å². The lowest BCUT2D eigenvalue weighted by molar-refractivity contribution is -0.0372. The molecule has 0 saturated carbocycles. The number of nitrogens with zero attached hydrogens (tertiary/aromatic N) is 2. The average Bonchev–Trinajstić information content (AvgIpc) is 2.48. The number of nitrogens with one attached hydrogen (secondary N) is 1. The highest BCUT2D eigenvalue weighted by Crippen LogP contribution is 2.13. The van der Waals surface area contributed by atoms with E-state index in [0.717, 1.165) is 38.3 Å². The molecule has 1 saturated heterocycles. The van der Waals surface area contributed by atoms with Crippen LogP contribution in [-0.2, 0) is 11.3 Å². The van der Waals surface area contributed by atoms with Crippen molar-refractivity contribution in [1.82, 2.24) is 15.2 Å². The van der Waals surface area contributed by atoms with E-state index in [4.69, 9.17) is 9.47 Å². The summed E-state index contributed by atoms with van der Waals surface area (Å²) >= 11 is 0. The molecule has 1 atom stereocenters. The van der Waals surface area contributed by atoms with Crippen molar-refractivity contribution in [2.24, 2.45) is 0 Å². The number of morpholine rings is 1. The van der Waals surface area contributed by atoms with Crippen LogP contribution in [0.2, 0.25) is 0 Å². The van der Waals surface area contributed by atoms with Gasteiger partial charge in [-0.15, -0.1) is 0 Å². The molecule has 0 amide bonds. The van der Waals surface area contributed by atoms with Crippen LogP contribution in [0.4, 0.5) is 0 Å². The van der Waals surface area contributed by atoms with Crippen molar-refractivity contribution in [1.29, 1.82) is 0 Å². The number of pyridine rings is 1. The van der Waals surface area contributed by atoms with Gasteiger partial charge in [-0.3, -0.25) is 4.90 Å². The van der Waals surface area contributed by atoms with Gasteiger partial charge in [-0.05, 0) is 19.9 Å². The fourth-order valence-corrected chi connectivity index (χ4v) is 2.44. The second-order valence-electron chi connectivity index (χ2n) is 5.38. The largest absolute Gasteiger partial charge is 0.481 e. The maximum atomic E-state index is 5.80. The Hall–Kier alpha value is -1.17. The summed E-state index contributed by atoms with van der Waals surface area (Å²) < 4.78 is 11.0. The summed E-state index contributed by atoms with van der Waals surface area (Å²) in [6.45, 7) is 8.91.